The van der Waals surface area contributed by atoms with Crippen LogP contribution in [0.2, 0.25) is 0 Å². The molecule has 0 aliphatic carbocycles. The van der Waals surface area contributed by atoms with Gasteiger partial charge in [0, 0.05) is 31.5 Å². The molecule has 0 fully saturated rings. The van der Waals surface area contributed by atoms with Crippen LogP contribution in [0.5, 0.6) is 0 Å². The molecule has 0 spiro atoms. The molecule has 2 N–H and O–H groups in total. The minimum absolute atomic E-state index is 0.0111. The smallest absolute Gasteiger partial charge is 0.259 e. The number of nitrogens with zero attached hydrogens (tertiary/aromatic N) is 2. The number of halogens is 1. The van der Waals surface area contributed by atoms with E-state index in [-0.39, 0.29) is 17.1 Å². The normalized spacial score (nSPS) is 14.4. The number of likely N-dealkylation sites (N-methyl/N-ethyl adjacent to an activating group) is 1. The first kappa shape index (κ1) is 24.6. The zero-order chi connectivity index (χ0) is 25.0. The standard InChI is InChI=1S/C29H33FN4O/c1-29(2,3)26-12-11-23(18-25(26)21-13-16-34(4)17-14-21)33-28(35)24-6-5-15-31-27(24)32-19-20-7-9-22(30)10-8-20/h5-13,15,18H,14,16-17,19H2,1-4H3,(H,31,32)(H,33,35). The highest BCUT2D eigenvalue weighted by Crippen LogP contribution is 2.35. The number of rotatable bonds is 6. The van der Waals surface area contributed by atoms with Gasteiger partial charge in [-0.3, -0.25) is 4.79 Å². The van der Waals surface area contributed by atoms with Gasteiger partial charge in [0.25, 0.3) is 5.91 Å². The lowest BCUT2D eigenvalue weighted by Crippen LogP contribution is -2.25. The zero-order valence-electron chi connectivity index (χ0n) is 20.9. The number of amides is 1. The maximum atomic E-state index is 13.2. The quantitative estimate of drug-likeness (QED) is 0.455. The Morgan fingerprint density at radius 1 is 1.11 bits per heavy atom. The molecule has 35 heavy (non-hydrogen) atoms. The maximum Gasteiger partial charge on any atom is 0.259 e. The van der Waals surface area contributed by atoms with Gasteiger partial charge in [0.2, 0.25) is 0 Å². The summed E-state index contributed by atoms with van der Waals surface area (Å²) in [6.45, 7) is 9.03. The van der Waals surface area contributed by atoms with Crippen LogP contribution in [0.15, 0.2) is 66.9 Å². The van der Waals surface area contributed by atoms with Gasteiger partial charge >= 0.3 is 0 Å². The van der Waals surface area contributed by atoms with Gasteiger partial charge in [0.15, 0.2) is 0 Å². The third kappa shape index (κ3) is 6.14. The summed E-state index contributed by atoms with van der Waals surface area (Å²) < 4.78 is 13.2. The van der Waals surface area contributed by atoms with Crippen molar-refractivity contribution in [2.24, 2.45) is 0 Å². The first-order valence-corrected chi connectivity index (χ1v) is 12.0. The van der Waals surface area contributed by atoms with Gasteiger partial charge in [-0.15, -0.1) is 0 Å². The van der Waals surface area contributed by atoms with Crippen molar-refractivity contribution in [1.29, 1.82) is 0 Å². The van der Waals surface area contributed by atoms with E-state index in [0.29, 0.717) is 17.9 Å². The van der Waals surface area contributed by atoms with Crippen LogP contribution in [0.25, 0.3) is 5.57 Å². The van der Waals surface area contributed by atoms with E-state index in [4.69, 9.17) is 0 Å². The summed E-state index contributed by atoms with van der Waals surface area (Å²) in [6, 6.07) is 15.9. The molecule has 4 rings (SSSR count). The molecule has 1 amide bonds. The van der Waals surface area contributed by atoms with Gasteiger partial charge in [0.05, 0.1) is 5.56 Å². The van der Waals surface area contributed by atoms with E-state index < -0.39 is 0 Å². The average molecular weight is 473 g/mol. The topological polar surface area (TPSA) is 57.3 Å². The van der Waals surface area contributed by atoms with Crippen LogP contribution < -0.4 is 10.6 Å². The first-order chi connectivity index (χ1) is 16.7. The Kier molecular flexibility index (Phi) is 7.31. The van der Waals surface area contributed by atoms with Crippen molar-refractivity contribution >= 4 is 23.0 Å². The summed E-state index contributed by atoms with van der Waals surface area (Å²) in [7, 11) is 2.13. The number of benzene rings is 2. The lowest BCUT2D eigenvalue weighted by molar-refractivity contribution is 0.102. The molecule has 1 aliphatic rings. The third-order valence-corrected chi connectivity index (χ3v) is 6.27. The predicted octanol–water partition coefficient (Wildman–Crippen LogP) is 6.10. The molecular formula is C29H33FN4O. The monoisotopic (exact) mass is 472 g/mol. The Labute approximate surface area is 207 Å². The van der Waals surface area contributed by atoms with Crippen molar-refractivity contribution in [2.45, 2.75) is 39.2 Å². The number of aromatic nitrogens is 1. The summed E-state index contributed by atoms with van der Waals surface area (Å²) in [6.07, 6.45) is 4.92. The van der Waals surface area contributed by atoms with E-state index in [1.54, 1.807) is 30.5 Å². The first-order valence-electron chi connectivity index (χ1n) is 12.0. The lowest BCUT2D eigenvalue weighted by atomic mass is 9.80. The molecule has 0 saturated carbocycles. The van der Waals surface area contributed by atoms with Crippen molar-refractivity contribution in [1.82, 2.24) is 9.88 Å². The average Bonchev–Trinajstić information content (AvgIpc) is 2.83. The van der Waals surface area contributed by atoms with E-state index >= 15 is 0 Å². The van der Waals surface area contributed by atoms with Crippen LogP contribution in [-0.4, -0.2) is 35.9 Å². The molecule has 0 unspecified atom stereocenters. The summed E-state index contributed by atoms with van der Waals surface area (Å²) in [4.78, 5) is 19.9. The number of carbonyl (C=O) groups excluding carboxylic acids is 1. The molecule has 0 atom stereocenters. The molecular weight excluding hydrogens is 439 g/mol. The number of hydrogen-bond donors (Lipinski definition) is 2. The van der Waals surface area contributed by atoms with Gasteiger partial charge in [-0.1, -0.05) is 45.0 Å². The molecule has 2 heterocycles. The van der Waals surface area contributed by atoms with Gasteiger partial charge in [0.1, 0.15) is 11.6 Å². The molecule has 2 aromatic carbocycles. The SMILES string of the molecule is CN1CC=C(c2cc(NC(=O)c3cccnc3NCc3ccc(F)cc3)ccc2C(C)(C)C)CC1. The number of nitrogens with one attached hydrogen (secondary N) is 2. The fraction of sp³-hybridized carbons (Fsp3) is 0.310. The fourth-order valence-corrected chi connectivity index (χ4v) is 4.27. The van der Waals surface area contributed by atoms with Gasteiger partial charge < -0.3 is 15.5 Å². The van der Waals surface area contributed by atoms with Crippen molar-refractivity contribution in [3.05, 3.63) is 94.9 Å². The molecule has 3 aromatic rings. The van der Waals surface area contributed by atoms with Gasteiger partial charge in [-0.25, -0.2) is 9.37 Å². The highest BCUT2D eigenvalue weighted by molar-refractivity contribution is 6.07. The van der Waals surface area contributed by atoms with Gasteiger partial charge in [-0.2, -0.15) is 0 Å². The Bertz CT molecular complexity index is 1230. The van der Waals surface area contributed by atoms with E-state index in [9.17, 15) is 9.18 Å². The zero-order valence-corrected chi connectivity index (χ0v) is 20.9. The summed E-state index contributed by atoms with van der Waals surface area (Å²) >= 11 is 0. The molecule has 0 saturated heterocycles. The molecule has 6 heteroatoms. The maximum absolute atomic E-state index is 13.2. The molecule has 0 bridgehead atoms. The molecule has 0 radical (unpaired) electrons. The minimum atomic E-state index is -0.278. The highest BCUT2D eigenvalue weighted by Gasteiger charge is 2.22. The van der Waals surface area contributed by atoms with Gasteiger partial charge in [-0.05, 0) is 77.5 Å². The van der Waals surface area contributed by atoms with Crippen LogP contribution in [0.4, 0.5) is 15.9 Å². The molecule has 1 aromatic heterocycles. The highest BCUT2D eigenvalue weighted by atomic mass is 19.1. The number of hydrogen-bond acceptors (Lipinski definition) is 4. The fourth-order valence-electron chi connectivity index (χ4n) is 4.27. The van der Waals surface area contributed by atoms with E-state index in [1.807, 2.05) is 6.07 Å². The van der Waals surface area contributed by atoms with E-state index in [0.717, 1.165) is 30.8 Å². The second kappa shape index (κ2) is 10.4. The van der Waals surface area contributed by atoms with Crippen LogP contribution in [0.1, 0.15) is 54.2 Å². The molecule has 5 nitrogen and oxygen atoms in total. The summed E-state index contributed by atoms with van der Waals surface area (Å²) in [5, 5.41) is 6.27. The number of anilines is 2. The Morgan fingerprint density at radius 3 is 2.57 bits per heavy atom. The van der Waals surface area contributed by atoms with Crippen LogP contribution in [-0.2, 0) is 12.0 Å². The second-order valence-electron chi connectivity index (χ2n) is 10.1. The summed E-state index contributed by atoms with van der Waals surface area (Å²) in [5.41, 5.74) is 5.90. The Balaban J connectivity index is 1.56. The van der Waals surface area contributed by atoms with E-state index in [1.165, 1.54) is 28.8 Å². The second-order valence-corrected chi connectivity index (χ2v) is 10.1. The molecule has 182 valence electrons. The minimum Gasteiger partial charge on any atom is -0.365 e. The largest absolute Gasteiger partial charge is 0.365 e. The third-order valence-electron chi connectivity index (χ3n) is 6.27. The Hall–Kier alpha value is -3.51. The summed E-state index contributed by atoms with van der Waals surface area (Å²) in [5.74, 6) is -0.0232. The van der Waals surface area contributed by atoms with E-state index in [2.05, 4.69) is 66.5 Å². The van der Waals surface area contributed by atoms with Crippen molar-refractivity contribution in [3.63, 3.8) is 0 Å². The van der Waals surface area contributed by atoms with Crippen molar-refractivity contribution in [3.8, 4) is 0 Å². The number of carbonyl (C=O) groups is 1. The Morgan fingerprint density at radius 2 is 1.89 bits per heavy atom. The van der Waals surface area contributed by atoms with Crippen LogP contribution in [0, 0.1) is 5.82 Å². The number of pyridine rings is 1. The lowest BCUT2D eigenvalue weighted by Gasteiger charge is -2.28. The van der Waals surface area contributed by atoms with Crippen molar-refractivity contribution in [2.75, 3.05) is 30.8 Å². The van der Waals surface area contributed by atoms with Crippen LogP contribution >= 0.6 is 0 Å². The molecule has 1 aliphatic heterocycles. The van der Waals surface area contributed by atoms with Crippen LogP contribution in [0.3, 0.4) is 0 Å². The van der Waals surface area contributed by atoms with Crippen molar-refractivity contribution < 1.29 is 9.18 Å². The predicted molar refractivity (Wildman–Crippen MR) is 141 cm³/mol.